The number of benzene rings is 1. The highest BCUT2D eigenvalue weighted by molar-refractivity contribution is 5.94. The van der Waals surface area contributed by atoms with E-state index >= 15 is 0 Å². The SMILES string of the molecule is CC(Nc1cc([N+](=O)[O-])ccc1C(=O)O)C1CCCO1. The Morgan fingerprint density at radius 1 is 1.60 bits per heavy atom. The topological polar surface area (TPSA) is 102 Å². The molecule has 0 radical (unpaired) electrons. The Labute approximate surface area is 115 Å². The first-order chi connectivity index (χ1) is 9.49. The van der Waals surface area contributed by atoms with Crippen LogP contribution in [0.4, 0.5) is 11.4 Å². The summed E-state index contributed by atoms with van der Waals surface area (Å²) in [4.78, 5) is 21.4. The van der Waals surface area contributed by atoms with Gasteiger partial charge in [0.05, 0.1) is 22.3 Å². The average Bonchev–Trinajstić information content (AvgIpc) is 2.92. The van der Waals surface area contributed by atoms with Gasteiger partial charge in [0.2, 0.25) is 0 Å². The summed E-state index contributed by atoms with van der Waals surface area (Å²) in [5, 5.41) is 22.9. The molecule has 0 saturated carbocycles. The van der Waals surface area contributed by atoms with Crippen LogP contribution in [0.5, 0.6) is 0 Å². The zero-order valence-electron chi connectivity index (χ0n) is 11.0. The minimum absolute atomic E-state index is 0.00379. The predicted molar refractivity (Wildman–Crippen MR) is 72.1 cm³/mol. The maximum absolute atomic E-state index is 11.2. The van der Waals surface area contributed by atoms with Crippen LogP contribution in [0.25, 0.3) is 0 Å². The van der Waals surface area contributed by atoms with Crippen LogP contribution >= 0.6 is 0 Å². The van der Waals surface area contributed by atoms with E-state index in [1.807, 2.05) is 6.92 Å². The lowest BCUT2D eigenvalue weighted by molar-refractivity contribution is -0.384. The molecular weight excluding hydrogens is 264 g/mol. The molecule has 1 fully saturated rings. The normalized spacial score (nSPS) is 19.6. The van der Waals surface area contributed by atoms with Gasteiger partial charge in [0.25, 0.3) is 5.69 Å². The van der Waals surface area contributed by atoms with Crippen molar-refractivity contribution in [2.45, 2.75) is 31.9 Å². The largest absolute Gasteiger partial charge is 0.478 e. The Bertz CT molecular complexity index is 525. The smallest absolute Gasteiger partial charge is 0.337 e. The predicted octanol–water partition coefficient (Wildman–Crippen LogP) is 2.27. The summed E-state index contributed by atoms with van der Waals surface area (Å²) in [6.45, 7) is 2.57. The monoisotopic (exact) mass is 280 g/mol. The van der Waals surface area contributed by atoms with E-state index in [0.717, 1.165) is 12.8 Å². The number of rotatable bonds is 5. The van der Waals surface area contributed by atoms with Gasteiger partial charge in [-0.1, -0.05) is 0 Å². The highest BCUT2D eigenvalue weighted by atomic mass is 16.6. The number of anilines is 1. The summed E-state index contributed by atoms with van der Waals surface area (Å²) >= 11 is 0. The molecule has 2 atom stereocenters. The molecule has 2 rings (SSSR count). The highest BCUT2D eigenvalue weighted by Crippen LogP contribution is 2.25. The lowest BCUT2D eigenvalue weighted by Crippen LogP contribution is -2.30. The van der Waals surface area contributed by atoms with E-state index in [9.17, 15) is 14.9 Å². The van der Waals surface area contributed by atoms with Crippen molar-refractivity contribution in [1.29, 1.82) is 0 Å². The summed E-state index contributed by atoms with van der Waals surface area (Å²) in [5.41, 5.74) is 0.118. The first-order valence-electron chi connectivity index (χ1n) is 6.39. The molecule has 0 spiro atoms. The fourth-order valence-electron chi connectivity index (χ4n) is 2.29. The Hall–Kier alpha value is -2.15. The number of nitrogens with one attached hydrogen (secondary N) is 1. The maximum Gasteiger partial charge on any atom is 0.337 e. The third-order valence-electron chi connectivity index (χ3n) is 3.35. The zero-order chi connectivity index (χ0) is 14.7. The van der Waals surface area contributed by atoms with Crippen molar-refractivity contribution in [2.75, 3.05) is 11.9 Å². The van der Waals surface area contributed by atoms with Crippen LogP contribution in [-0.4, -0.2) is 34.8 Å². The zero-order valence-corrected chi connectivity index (χ0v) is 11.0. The highest BCUT2D eigenvalue weighted by Gasteiger charge is 2.24. The van der Waals surface area contributed by atoms with Crippen LogP contribution in [0, 0.1) is 10.1 Å². The molecule has 0 aromatic heterocycles. The Balaban J connectivity index is 2.24. The van der Waals surface area contributed by atoms with Crippen molar-refractivity contribution in [2.24, 2.45) is 0 Å². The number of hydrogen-bond acceptors (Lipinski definition) is 5. The van der Waals surface area contributed by atoms with E-state index in [1.54, 1.807) is 0 Å². The molecule has 20 heavy (non-hydrogen) atoms. The fraction of sp³-hybridized carbons (Fsp3) is 0.462. The van der Waals surface area contributed by atoms with Crippen molar-refractivity contribution in [3.05, 3.63) is 33.9 Å². The second kappa shape index (κ2) is 5.87. The van der Waals surface area contributed by atoms with Gasteiger partial charge in [0.15, 0.2) is 0 Å². The molecule has 2 unspecified atom stereocenters. The van der Waals surface area contributed by atoms with Crippen LogP contribution < -0.4 is 5.32 Å². The van der Waals surface area contributed by atoms with Crippen LogP contribution in [0.15, 0.2) is 18.2 Å². The second-order valence-corrected chi connectivity index (χ2v) is 4.78. The van der Waals surface area contributed by atoms with Gasteiger partial charge in [0, 0.05) is 24.8 Å². The summed E-state index contributed by atoms with van der Waals surface area (Å²) in [7, 11) is 0. The number of ether oxygens (including phenoxy) is 1. The molecule has 0 amide bonds. The van der Waals surface area contributed by atoms with Crippen molar-refractivity contribution < 1.29 is 19.6 Å². The quantitative estimate of drug-likeness (QED) is 0.633. The first kappa shape index (κ1) is 14.3. The molecule has 1 saturated heterocycles. The molecule has 108 valence electrons. The standard InChI is InChI=1S/C13H16N2O5/c1-8(12-3-2-6-20-12)14-11-7-9(15(18)19)4-5-10(11)13(16)17/h4-5,7-8,12,14H,2-3,6H2,1H3,(H,16,17). The van der Waals surface area contributed by atoms with Crippen molar-refractivity contribution in [3.63, 3.8) is 0 Å². The molecule has 1 aliphatic heterocycles. The molecule has 1 heterocycles. The molecule has 2 N–H and O–H groups in total. The summed E-state index contributed by atoms with van der Waals surface area (Å²) in [6, 6.07) is 3.56. The van der Waals surface area contributed by atoms with E-state index in [0.29, 0.717) is 6.61 Å². The van der Waals surface area contributed by atoms with Crippen LogP contribution in [-0.2, 0) is 4.74 Å². The van der Waals surface area contributed by atoms with Gasteiger partial charge in [-0.15, -0.1) is 0 Å². The third-order valence-corrected chi connectivity index (χ3v) is 3.35. The number of non-ortho nitro benzene ring substituents is 1. The van der Waals surface area contributed by atoms with Crippen molar-refractivity contribution in [1.82, 2.24) is 0 Å². The van der Waals surface area contributed by atoms with E-state index < -0.39 is 10.9 Å². The molecule has 1 aromatic carbocycles. The van der Waals surface area contributed by atoms with Gasteiger partial charge in [0.1, 0.15) is 0 Å². The molecule has 1 aromatic rings. The third kappa shape index (κ3) is 3.05. The number of carboxylic acids is 1. The average molecular weight is 280 g/mol. The van der Waals surface area contributed by atoms with Gasteiger partial charge in [-0.3, -0.25) is 10.1 Å². The van der Waals surface area contributed by atoms with Crippen LogP contribution in [0.1, 0.15) is 30.1 Å². The lowest BCUT2D eigenvalue weighted by Gasteiger charge is -2.22. The number of nitro groups is 1. The van der Waals surface area contributed by atoms with E-state index in [-0.39, 0.29) is 29.1 Å². The van der Waals surface area contributed by atoms with Crippen LogP contribution in [0.3, 0.4) is 0 Å². The number of hydrogen-bond donors (Lipinski definition) is 2. The molecular formula is C13H16N2O5. The molecule has 0 bridgehead atoms. The van der Waals surface area contributed by atoms with Gasteiger partial charge in [-0.2, -0.15) is 0 Å². The number of carbonyl (C=O) groups is 1. The number of carboxylic acid groups (broad SMARTS) is 1. The minimum Gasteiger partial charge on any atom is -0.478 e. The summed E-state index contributed by atoms with van der Waals surface area (Å²) in [5.74, 6) is -1.12. The van der Waals surface area contributed by atoms with Gasteiger partial charge < -0.3 is 15.2 Å². The number of nitrogens with zero attached hydrogens (tertiary/aromatic N) is 1. The Kier molecular flexibility index (Phi) is 4.19. The number of nitro benzene ring substituents is 1. The van der Waals surface area contributed by atoms with Crippen LogP contribution in [0.2, 0.25) is 0 Å². The van der Waals surface area contributed by atoms with Gasteiger partial charge in [-0.05, 0) is 25.8 Å². The molecule has 7 heteroatoms. The Morgan fingerprint density at radius 2 is 2.35 bits per heavy atom. The second-order valence-electron chi connectivity index (χ2n) is 4.78. The first-order valence-corrected chi connectivity index (χ1v) is 6.39. The summed E-state index contributed by atoms with van der Waals surface area (Å²) in [6.07, 6.45) is 1.86. The van der Waals surface area contributed by atoms with E-state index in [1.165, 1.54) is 18.2 Å². The fourth-order valence-corrected chi connectivity index (χ4v) is 2.29. The maximum atomic E-state index is 11.2. The van der Waals surface area contributed by atoms with Crippen molar-refractivity contribution >= 4 is 17.3 Å². The minimum atomic E-state index is -1.12. The van der Waals surface area contributed by atoms with Gasteiger partial charge in [-0.25, -0.2) is 4.79 Å². The van der Waals surface area contributed by atoms with E-state index in [4.69, 9.17) is 9.84 Å². The lowest BCUT2D eigenvalue weighted by atomic mass is 10.1. The molecule has 1 aliphatic rings. The summed E-state index contributed by atoms with van der Waals surface area (Å²) < 4.78 is 5.52. The molecule has 7 nitrogen and oxygen atoms in total. The van der Waals surface area contributed by atoms with E-state index in [2.05, 4.69) is 5.32 Å². The van der Waals surface area contributed by atoms with Crippen molar-refractivity contribution in [3.8, 4) is 0 Å². The number of aromatic carboxylic acids is 1. The molecule has 0 aliphatic carbocycles. The van der Waals surface area contributed by atoms with Gasteiger partial charge >= 0.3 is 5.97 Å². The Morgan fingerprint density at radius 3 is 2.90 bits per heavy atom.